The van der Waals surface area contributed by atoms with Crippen molar-refractivity contribution in [1.29, 1.82) is 5.26 Å². The zero-order valence-corrected chi connectivity index (χ0v) is 18.8. The topological polar surface area (TPSA) is 67.0 Å². The molecule has 166 valence electrons. The van der Waals surface area contributed by atoms with Crippen LogP contribution in [0.25, 0.3) is 16.6 Å². The van der Waals surface area contributed by atoms with Gasteiger partial charge < -0.3 is 9.30 Å². The number of carbonyl (C=O) groups excluding carboxylic acids is 1. The predicted octanol–water partition coefficient (Wildman–Crippen LogP) is 5.34. The summed E-state index contributed by atoms with van der Waals surface area (Å²) < 4.78 is 7.81. The Balaban J connectivity index is 1.67. The van der Waals surface area contributed by atoms with Gasteiger partial charge in [0.1, 0.15) is 5.75 Å². The molecule has 4 aromatic rings. The number of fused-ring (bicyclic) bond motifs is 1. The zero-order valence-electron chi connectivity index (χ0n) is 18.8. The van der Waals surface area contributed by atoms with Crippen molar-refractivity contribution in [3.8, 4) is 17.6 Å². The third-order valence-electron chi connectivity index (χ3n) is 5.74. The standard InChI is InChI=1S/C28H27N3O2/c1-2-33-25-14-12-24(13-15-25)31-19-23(11-8-21-6-4-3-5-7-21)26-18-22(9-16-27(26)31)10-17-28(32)30-20-29/h3-7,9,12-16,18-19H,2,8,10-11,17H2,1H3,(H,30,32). The largest absolute Gasteiger partial charge is 0.494 e. The first-order chi connectivity index (χ1) is 16.2. The van der Waals surface area contributed by atoms with E-state index in [1.807, 2.05) is 25.1 Å². The van der Waals surface area contributed by atoms with Crippen molar-refractivity contribution in [2.75, 3.05) is 6.61 Å². The van der Waals surface area contributed by atoms with Crippen molar-refractivity contribution in [1.82, 2.24) is 9.88 Å². The number of aryl methyl sites for hydroxylation is 3. The Bertz CT molecular complexity index is 1270. The quantitative estimate of drug-likeness (QED) is 0.284. The van der Waals surface area contributed by atoms with Crippen LogP contribution in [-0.2, 0) is 24.1 Å². The van der Waals surface area contributed by atoms with Gasteiger partial charge in [-0.15, -0.1) is 0 Å². The molecular formula is C28H27N3O2. The van der Waals surface area contributed by atoms with Gasteiger partial charge in [0.25, 0.3) is 0 Å². The molecule has 0 bridgehead atoms. The van der Waals surface area contributed by atoms with E-state index >= 15 is 0 Å². The first-order valence-electron chi connectivity index (χ1n) is 11.3. The van der Waals surface area contributed by atoms with Gasteiger partial charge in [-0.2, -0.15) is 5.26 Å². The van der Waals surface area contributed by atoms with Gasteiger partial charge >= 0.3 is 0 Å². The Morgan fingerprint density at radius 2 is 1.76 bits per heavy atom. The van der Waals surface area contributed by atoms with E-state index in [9.17, 15) is 4.79 Å². The first-order valence-corrected chi connectivity index (χ1v) is 11.3. The van der Waals surface area contributed by atoms with Crippen LogP contribution in [0.15, 0.2) is 79.0 Å². The Kier molecular flexibility index (Phi) is 7.06. The maximum Gasteiger partial charge on any atom is 0.233 e. The molecule has 0 radical (unpaired) electrons. The molecule has 33 heavy (non-hydrogen) atoms. The fraction of sp³-hybridized carbons (Fsp3) is 0.214. The second kappa shape index (κ2) is 10.5. The monoisotopic (exact) mass is 437 g/mol. The third kappa shape index (κ3) is 5.42. The molecule has 1 aromatic heterocycles. The lowest BCUT2D eigenvalue weighted by atomic mass is 10.0. The Morgan fingerprint density at radius 1 is 0.970 bits per heavy atom. The SMILES string of the molecule is CCOc1ccc(-n2cc(CCc3ccccc3)c3cc(CCC(=O)NC#N)ccc32)cc1. The minimum absolute atomic E-state index is 0.256. The van der Waals surface area contributed by atoms with Gasteiger partial charge in [0, 0.05) is 23.7 Å². The number of rotatable bonds is 9. The summed E-state index contributed by atoms with van der Waals surface area (Å²) in [5, 5.41) is 12.0. The van der Waals surface area contributed by atoms with E-state index in [4.69, 9.17) is 10.00 Å². The zero-order chi connectivity index (χ0) is 23.0. The molecule has 1 heterocycles. The maximum absolute atomic E-state index is 11.7. The van der Waals surface area contributed by atoms with E-state index < -0.39 is 0 Å². The molecule has 0 spiro atoms. The van der Waals surface area contributed by atoms with E-state index in [2.05, 4.69) is 70.7 Å². The van der Waals surface area contributed by atoms with Crippen molar-refractivity contribution in [3.63, 3.8) is 0 Å². The molecule has 0 saturated heterocycles. The summed E-state index contributed by atoms with van der Waals surface area (Å²) in [7, 11) is 0. The number of benzene rings is 3. The molecule has 0 saturated carbocycles. The summed E-state index contributed by atoms with van der Waals surface area (Å²) in [5.41, 5.74) is 5.87. The summed E-state index contributed by atoms with van der Waals surface area (Å²) in [4.78, 5) is 11.7. The molecule has 0 aliphatic heterocycles. The van der Waals surface area contributed by atoms with Gasteiger partial charge in [0.05, 0.1) is 12.1 Å². The lowest BCUT2D eigenvalue weighted by molar-refractivity contribution is -0.119. The fourth-order valence-electron chi connectivity index (χ4n) is 4.09. The van der Waals surface area contributed by atoms with Crippen LogP contribution in [0, 0.1) is 11.5 Å². The Labute approximate surface area is 194 Å². The molecule has 5 heteroatoms. The molecule has 1 amide bonds. The van der Waals surface area contributed by atoms with Crippen LogP contribution in [0.4, 0.5) is 0 Å². The molecule has 0 fully saturated rings. The minimum Gasteiger partial charge on any atom is -0.494 e. The van der Waals surface area contributed by atoms with Crippen LogP contribution in [0.2, 0.25) is 0 Å². The van der Waals surface area contributed by atoms with Crippen LogP contribution >= 0.6 is 0 Å². The summed E-state index contributed by atoms with van der Waals surface area (Å²) >= 11 is 0. The maximum atomic E-state index is 11.7. The highest BCUT2D eigenvalue weighted by atomic mass is 16.5. The molecule has 3 aromatic carbocycles. The molecule has 0 aliphatic carbocycles. The van der Waals surface area contributed by atoms with E-state index in [0.29, 0.717) is 13.0 Å². The minimum atomic E-state index is -0.256. The summed E-state index contributed by atoms with van der Waals surface area (Å²) in [6, 6.07) is 25.0. The molecule has 4 rings (SSSR count). The van der Waals surface area contributed by atoms with Crippen LogP contribution in [-0.4, -0.2) is 17.1 Å². The fourth-order valence-corrected chi connectivity index (χ4v) is 4.09. The number of nitriles is 1. The number of hydrogen-bond donors (Lipinski definition) is 1. The predicted molar refractivity (Wildman–Crippen MR) is 130 cm³/mol. The molecule has 1 N–H and O–H groups in total. The average Bonchev–Trinajstić information content (AvgIpc) is 3.21. The van der Waals surface area contributed by atoms with Crippen molar-refractivity contribution in [2.45, 2.75) is 32.6 Å². The molecular weight excluding hydrogens is 410 g/mol. The molecule has 0 unspecified atom stereocenters. The van der Waals surface area contributed by atoms with Crippen molar-refractivity contribution < 1.29 is 9.53 Å². The second-order valence-corrected chi connectivity index (χ2v) is 7.95. The molecule has 5 nitrogen and oxygen atoms in total. The first kappa shape index (κ1) is 22.2. The Morgan fingerprint density at radius 3 is 2.48 bits per heavy atom. The number of amides is 1. The normalized spacial score (nSPS) is 10.7. The number of nitrogens with one attached hydrogen (secondary N) is 1. The second-order valence-electron chi connectivity index (χ2n) is 7.95. The Hall–Kier alpha value is -4.04. The number of aromatic nitrogens is 1. The van der Waals surface area contributed by atoms with Gasteiger partial charge in [-0.25, -0.2) is 0 Å². The van der Waals surface area contributed by atoms with Crippen LogP contribution < -0.4 is 10.1 Å². The highest BCUT2D eigenvalue weighted by molar-refractivity contribution is 5.86. The van der Waals surface area contributed by atoms with Gasteiger partial charge in [0.15, 0.2) is 6.19 Å². The number of carbonyl (C=O) groups is 1. The third-order valence-corrected chi connectivity index (χ3v) is 5.74. The van der Waals surface area contributed by atoms with Gasteiger partial charge in [0.2, 0.25) is 5.91 Å². The smallest absolute Gasteiger partial charge is 0.233 e. The molecule has 0 atom stereocenters. The molecule has 0 aliphatic rings. The highest BCUT2D eigenvalue weighted by Gasteiger charge is 2.12. The summed E-state index contributed by atoms with van der Waals surface area (Å²) in [5.74, 6) is 0.605. The van der Waals surface area contributed by atoms with Gasteiger partial charge in [-0.3, -0.25) is 10.1 Å². The van der Waals surface area contributed by atoms with Gasteiger partial charge in [-0.1, -0.05) is 36.4 Å². The van der Waals surface area contributed by atoms with E-state index in [-0.39, 0.29) is 12.3 Å². The average molecular weight is 438 g/mol. The summed E-state index contributed by atoms with van der Waals surface area (Å²) in [6.45, 7) is 2.62. The summed E-state index contributed by atoms with van der Waals surface area (Å²) in [6.07, 6.45) is 6.67. The lowest BCUT2D eigenvalue weighted by Gasteiger charge is -2.08. The lowest BCUT2D eigenvalue weighted by Crippen LogP contribution is -2.17. The number of ether oxygens (including phenoxy) is 1. The van der Waals surface area contributed by atoms with E-state index in [0.717, 1.165) is 35.4 Å². The van der Waals surface area contributed by atoms with Crippen LogP contribution in [0.3, 0.4) is 0 Å². The van der Waals surface area contributed by atoms with E-state index in [1.165, 1.54) is 16.5 Å². The number of nitrogens with zero attached hydrogens (tertiary/aromatic N) is 2. The van der Waals surface area contributed by atoms with Crippen LogP contribution in [0.1, 0.15) is 30.0 Å². The van der Waals surface area contributed by atoms with Gasteiger partial charge in [-0.05, 0) is 79.3 Å². The van der Waals surface area contributed by atoms with Crippen molar-refractivity contribution in [2.24, 2.45) is 0 Å². The number of hydrogen-bond acceptors (Lipinski definition) is 3. The van der Waals surface area contributed by atoms with Crippen LogP contribution in [0.5, 0.6) is 5.75 Å². The van der Waals surface area contributed by atoms with Crippen molar-refractivity contribution in [3.05, 3.63) is 95.7 Å². The van der Waals surface area contributed by atoms with Crippen molar-refractivity contribution >= 4 is 16.8 Å². The highest BCUT2D eigenvalue weighted by Crippen LogP contribution is 2.28. The van der Waals surface area contributed by atoms with E-state index in [1.54, 1.807) is 6.19 Å².